The number of nitrogens with two attached hydrogens (primary N) is 2. The number of aliphatic hydroxyl groups excluding tert-OH is 2. The number of unbranched alkanes of at least 4 members (excludes halogenated alkanes) is 2. The Morgan fingerprint density at radius 1 is 0.577 bits per heavy atom. The number of carbonyl (C=O) groups is 18. The van der Waals surface area contributed by atoms with E-state index < -0.39 is 261 Å². The number of primary amides is 1. The van der Waals surface area contributed by atoms with Gasteiger partial charge in [0, 0.05) is 125 Å². The number of aliphatic hydroxyl groups is 2. The molecule has 0 saturated carbocycles. The fourth-order valence-electron chi connectivity index (χ4n) is 17.0. The lowest BCUT2D eigenvalue weighted by atomic mass is 9.99. The number of phenolic OH excluding ortho intramolecular Hbond substituents is 1. The molecule has 3 aliphatic heterocycles. The zero-order chi connectivity index (χ0) is 100. The van der Waals surface area contributed by atoms with Crippen molar-refractivity contribution in [2.45, 2.75) is 241 Å². The number of aromatic hydroxyl groups is 1. The first-order chi connectivity index (χ1) is 65.2. The van der Waals surface area contributed by atoms with E-state index in [0.29, 0.717) is 57.8 Å². The van der Waals surface area contributed by atoms with Crippen molar-refractivity contribution >= 4 is 140 Å². The predicted octanol–water partition coefficient (Wildman–Crippen LogP) is -2.30. The largest absolute Gasteiger partial charge is 0.508 e. The Kier molecular flexibility index (Phi) is 39.8. The first-order valence-corrected chi connectivity index (χ1v) is 47.0. The maximum Gasteiger partial charge on any atom is 0.323 e. The number of amides is 16. The van der Waals surface area contributed by atoms with E-state index in [-0.39, 0.29) is 94.7 Å². The van der Waals surface area contributed by atoms with Gasteiger partial charge in [0.2, 0.25) is 94.5 Å². The average Bonchev–Trinajstić information content (AvgIpc) is 1.65. The van der Waals surface area contributed by atoms with Crippen molar-refractivity contribution in [3.05, 3.63) is 120 Å². The van der Waals surface area contributed by atoms with E-state index in [9.17, 15) is 73.5 Å². The van der Waals surface area contributed by atoms with Crippen LogP contribution in [0.25, 0.3) is 21.8 Å². The number of carbonyl (C=O) groups excluding carboxylic acids is 16. The van der Waals surface area contributed by atoms with Crippen LogP contribution >= 0.6 is 11.8 Å². The topological polar surface area (TPSA) is 646 Å². The lowest BCUT2D eigenvalue weighted by Gasteiger charge is -2.36. The molecule has 6 aromatic rings. The number of H-pyrrole nitrogens is 2. The summed E-state index contributed by atoms with van der Waals surface area (Å²) in [6.07, 6.45) is 2.12. The quantitative estimate of drug-likeness (QED) is 0.0258. The highest BCUT2D eigenvalue weighted by atomic mass is 32.2. The molecule has 15 atom stereocenters. The van der Waals surface area contributed by atoms with Crippen molar-refractivity contribution < 1.29 is 112 Å². The van der Waals surface area contributed by atoms with Crippen LogP contribution in [0.4, 0.5) is 0 Å². The Hall–Kier alpha value is -13.6. The Labute approximate surface area is 794 Å². The van der Waals surface area contributed by atoms with Gasteiger partial charge in [-0.2, -0.15) is 0 Å². The molecule has 3 aliphatic rings. The van der Waals surface area contributed by atoms with Crippen molar-refractivity contribution in [2.24, 2.45) is 17.4 Å². The molecule has 744 valence electrons. The second-order valence-corrected chi connectivity index (χ2v) is 36.2. The Balaban J connectivity index is 1.11. The summed E-state index contributed by atoms with van der Waals surface area (Å²) in [5, 5.41) is 80.4. The number of rotatable bonds is 27. The van der Waals surface area contributed by atoms with Crippen LogP contribution in [0.3, 0.4) is 0 Å². The minimum Gasteiger partial charge on any atom is -0.508 e. The number of nitrogens with zero attached hydrogens (tertiary/aromatic N) is 7. The summed E-state index contributed by atoms with van der Waals surface area (Å²) in [6.45, 7) is 5.14. The molecule has 3 saturated heterocycles. The van der Waals surface area contributed by atoms with E-state index in [1.54, 1.807) is 68.6 Å². The first-order valence-electron chi connectivity index (χ1n) is 45.8. The molecule has 0 spiro atoms. The molecule has 137 heavy (non-hydrogen) atoms. The monoisotopic (exact) mass is 1930 g/mol. The van der Waals surface area contributed by atoms with Gasteiger partial charge >= 0.3 is 11.9 Å². The molecule has 0 unspecified atom stereocenters. The molecule has 3 aromatic carbocycles. The molecule has 6 heterocycles. The van der Waals surface area contributed by atoms with Crippen LogP contribution < -0.4 is 64.6 Å². The van der Waals surface area contributed by atoms with Crippen LogP contribution in [0.15, 0.2) is 97.7 Å². The van der Waals surface area contributed by atoms with Crippen LogP contribution in [0.1, 0.15) is 140 Å². The van der Waals surface area contributed by atoms with E-state index in [2.05, 4.69) is 68.1 Å². The smallest absolute Gasteiger partial charge is 0.323 e. The van der Waals surface area contributed by atoms with Crippen LogP contribution in [0, 0.1) is 5.92 Å². The second-order valence-electron chi connectivity index (χ2n) is 35.2. The molecule has 0 aliphatic carbocycles. The van der Waals surface area contributed by atoms with Crippen molar-refractivity contribution in [1.82, 2.24) is 97.2 Å². The van der Waals surface area contributed by atoms with Gasteiger partial charge in [0.1, 0.15) is 96.9 Å². The standard InChI is InChI=1S/C92H127N21O23S/c1-9-11-21-71-85(129)102-63(34-50(3)4)81(125)107-69(80(124)97-42-75(94)117)47-137-48-76(118)99-66(35-52-25-27-56(115)28-26-52)88(132)108(6)51(5)79(123)100-62(31-32-93)90(134)112-33-17-24-72(112)86(130)104-65(38-55-41-95-49-98-55)83(127)101-61(29-30-77(119)120)91(135)113-44-57(116)39-74(113)87(131)103-64(36-53-40-96-60-20-15-13-18-58(53)60)82(126)106-68(46-114)84(128)105-67(89(133)110(8)73(22-12-10-2)92(136)109(71)7)37-54-43-111(45-78(121)122)70-23-16-14-19-59(54)70/h13-16,18-20,23,25-28,40-41,43,49-51,57,61-69,71-74,96,114-116H,9-12,17,21-22,24,29-39,42,44-48,93H2,1-8H3,(H2,94,117)(H,95,98)(H,97,124)(H,99,118)(H,100,123)(H,101,127)(H,102,129)(H,103,131)(H,104,130)(H,105,128)(H,106,126)(H,107,125)(H,119,120)(H,121,122)/t51-,57+,61-,62+,63-,64-,65-,66-,67-,68-,69-,71-,72-,73-,74-/m0/s1. The molecule has 3 fully saturated rings. The third kappa shape index (κ3) is 29.5. The summed E-state index contributed by atoms with van der Waals surface area (Å²) in [5.41, 5.74) is 13.9. The number of benzene rings is 3. The molecule has 9 rings (SSSR count). The van der Waals surface area contributed by atoms with Crippen LogP contribution in [-0.4, -0.2) is 332 Å². The van der Waals surface area contributed by atoms with E-state index >= 15 is 38.4 Å². The van der Waals surface area contributed by atoms with Crippen molar-refractivity contribution in [3.63, 3.8) is 0 Å². The molecular weight excluding hydrogens is 1800 g/mol. The van der Waals surface area contributed by atoms with Gasteiger partial charge < -0.3 is 129 Å². The highest BCUT2D eigenvalue weighted by Gasteiger charge is 2.47. The van der Waals surface area contributed by atoms with Crippen LogP contribution in [0.2, 0.25) is 0 Å². The first kappa shape index (κ1) is 107. The van der Waals surface area contributed by atoms with E-state index in [1.165, 1.54) is 80.5 Å². The van der Waals surface area contributed by atoms with Crippen molar-refractivity contribution in [3.8, 4) is 5.75 Å². The number of carboxylic acids is 2. The number of likely N-dealkylation sites (N-methyl/N-ethyl adjacent to an activating group) is 3. The van der Waals surface area contributed by atoms with Gasteiger partial charge in [-0.15, -0.1) is 11.8 Å². The summed E-state index contributed by atoms with van der Waals surface area (Å²) in [7, 11) is 3.88. The highest BCUT2D eigenvalue weighted by molar-refractivity contribution is 8.00. The maximum absolute atomic E-state index is 15.9. The summed E-state index contributed by atoms with van der Waals surface area (Å²) in [4.78, 5) is 278. The Morgan fingerprint density at radius 3 is 1.79 bits per heavy atom. The number of aromatic amines is 2. The summed E-state index contributed by atoms with van der Waals surface area (Å²) < 4.78 is 1.40. The number of fused-ring (bicyclic) bond motifs is 4. The van der Waals surface area contributed by atoms with E-state index in [4.69, 9.17) is 11.5 Å². The number of hydrogen-bond acceptors (Lipinski definition) is 24. The van der Waals surface area contributed by atoms with Gasteiger partial charge in [0.05, 0.1) is 31.3 Å². The Bertz CT molecular complexity index is 5300. The zero-order valence-corrected chi connectivity index (χ0v) is 78.7. The summed E-state index contributed by atoms with van der Waals surface area (Å²) in [6, 6.07) is -3.22. The molecule has 3 aromatic heterocycles. The lowest BCUT2D eigenvalue weighted by molar-refractivity contribution is -0.149. The summed E-state index contributed by atoms with van der Waals surface area (Å²) >= 11 is 0.792. The number of thioether (sulfide) groups is 1. The zero-order valence-electron chi connectivity index (χ0n) is 77.9. The highest BCUT2D eigenvalue weighted by Crippen LogP contribution is 2.29. The number of hydrogen-bond donors (Lipinski definition) is 19. The fraction of sp³-hybridized carbons (Fsp3) is 0.533. The number of phenols is 1. The van der Waals surface area contributed by atoms with Crippen molar-refractivity contribution in [1.29, 1.82) is 0 Å². The lowest BCUT2D eigenvalue weighted by Crippen LogP contribution is -2.62. The molecule has 44 nitrogen and oxygen atoms in total. The van der Waals surface area contributed by atoms with Crippen molar-refractivity contribution in [2.75, 3.05) is 65.4 Å². The number of carboxylic acid groups (broad SMARTS) is 2. The molecule has 0 bridgehead atoms. The molecular formula is C92H127N21O23S. The number of aromatic nitrogens is 4. The molecule has 0 radical (unpaired) electrons. The molecule has 16 amide bonds. The number of para-hydroxylation sites is 2. The minimum absolute atomic E-state index is 0.00173. The van der Waals surface area contributed by atoms with Gasteiger partial charge in [-0.25, -0.2) is 4.98 Å². The van der Waals surface area contributed by atoms with Gasteiger partial charge in [-0.05, 0) is 105 Å². The van der Waals surface area contributed by atoms with Crippen LogP contribution in [0.5, 0.6) is 5.75 Å². The van der Waals surface area contributed by atoms with Gasteiger partial charge in [-0.1, -0.05) is 102 Å². The van der Waals surface area contributed by atoms with Crippen LogP contribution in [-0.2, 0) is 119 Å². The van der Waals surface area contributed by atoms with E-state index in [0.717, 1.165) is 31.4 Å². The predicted molar refractivity (Wildman–Crippen MR) is 499 cm³/mol. The average molecular weight is 1930 g/mol. The third-order valence-corrected chi connectivity index (χ3v) is 25.6. The Morgan fingerprint density at radius 2 is 1.15 bits per heavy atom. The van der Waals surface area contributed by atoms with E-state index in [1.807, 2.05) is 13.8 Å². The SMILES string of the molecule is CCCC[C@H]1C(=O)N(C)[C@@H](CCCC)C(=O)N[C@@H](CC(C)C)C(=O)N[C@H](C(=O)NCC(N)=O)CSCC(=O)N[C@@H](Cc2ccc(O)cc2)C(=O)N(C)[C@@H](C)C(=O)N[C@H](CCN)C(=O)N2CCC[C@H]2C(=O)N[C@@H](Cc2cnc[nH]2)C(=O)N[C@@H](CCC(=O)O)C(=O)N2C[C@H](O)C[C@H]2C(=O)N[C@@H](Cc2c[nH]c3ccccc23)C(=O)N[C@@H](CO)C(=O)N[C@@H](Cc2cn(CC(=O)O)c3ccccc23)C(=O)N1C. The second kappa shape index (κ2) is 50.9. The van der Waals surface area contributed by atoms with Gasteiger partial charge in [-0.3, -0.25) is 86.3 Å². The number of imidazole rings is 1. The normalized spacial score (nSPS) is 24.6. The number of nitrogens with one attached hydrogen (secondary N) is 12. The van der Waals surface area contributed by atoms with Gasteiger partial charge in [0.15, 0.2) is 0 Å². The number of aliphatic carboxylic acids is 2. The van der Waals surface area contributed by atoms with Gasteiger partial charge in [0.25, 0.3) is 0 Å². The fourth-order valence-corrected chi connectivity index (χ4v) is 17.9. The minimum atomic E-state index is -2.00. The molecule has 45 heteroatoms. The summed E-state index contributed by atoms with van der Waals surface area (Å²) in [5.74, 6) is -19.4. The molecule has 21 N–H and O–H groups in total. The maximum atomic E-state index is 15.9. The third-order valence-electron chi connectivity index (χ3n) is 24.5.